The summed E-state index contributed by atoms with van der Waals surface area (Å²) in [5.41, 5.74) is 2.16. The van der Waals surface area contributed by atoms with E-state index in [9.17, 15) is 4.79 Å². The summed E-state index contributed by atoms with van der Waals surface area (Å²) in [5, 5.41) is 11.1. The Morgan fingerprint density at radius 3 is 2.31 bits per heavy atom. The molecule has 2 heterocycles. The molecule has 3 rings (SSSR count). The first-order valence-electron chi connectivity index (χ1n) is 10.4. The molecule has 1 aromatic heterocycles. The molecule has 1 amide bonds. The molecule has 0 saturated carbocycles. The molecule has 0 unspecified atom stereocenters. The molecule has 3 N–H and O–H groups in total. The molecule has 0 radical (unpaired) electrons. The van der Waals surface area contributed by atoms with E-state index in [-0.39, 0.29) is 17.7 Å². The van der Waals surface area contributed by atoms with E-state index >= 15 is 0 Å². The summed E-state index contributed by atoms with van der Waals surface area (Å²) in [6.07, 6.45) is 4.25. The van der Waals surface area contributed by atoms with Crippen LogP contribution in [0, 0.1) is 0 Å². The standard InChI is InChI=1S/C21H30BN3O4/c1-5-20(6-2)21(7-3,8-4)29-22(28-20)16-11-9-10-15(12-16)17-13-23-18(25-17)14-24-19(26)27/h9-13,24H,5-8,14H2,1-4H3,(H,23,25)(H,26,27). The van der Waals surface area contributed by atoms with Crippen LogP contribution in [-0.2, 0) is 15.9 Å². The second-order valence-corrected chi connectivity index (χ2v) is 7.50. The zero-order chi connectivity index (χ0) is 21.1. The fraction of sp³-hybridized carbons (Fsp3) is 0.524. The van der Waals surface area contributed by atoms with E-state index in [2.05, 4.69) is 43.0 Å². The van der Waals surface area contributed by atoms with Crippen molar-refractivity contribution in [3.63, 3.8) is 0 Å². The summed E-state index contributed by atoms with van der Waals surface area (Å²) >= 11 is 0. The van der Waals surface area contributed by atoms with E-state index in [1.165, 1.54) is 0 Å². The number of imidazole rings is 1. The molecule has 1 saturated heterocycles. The van der Waals surface area contributed by atoms with Crippen LogP contribution in [0.2, 0.25) is 0 Å². The minimum Gasteiger partial charge on any atom is -0.465 e. The van der Waals surface area contributed by atoms with Gasteiger partial charge in [0.2, 0.25) is 0 Å². The van der Waals surface area contributed by atoms with Crippen molar-refractivity contribution in [2.75, 3.05) is 0 Å². The number of aromatic amines is 1. The van der Waals surface area contributed by atoms with Crippen LogP contribution in [0.5, 0.6) is 0 Å². The Bertz CT molecular complexity index is 826. The molecule has 2 aromatic rings. The number of benzene rings is 1. The Kier molecular flexibility index (Phi) is 6.34. The Balaban J connectivity index is 1.86. The quantitative estimate of drug-likeness (QED) is 0.588. The number of carbonyl (C=O) groups is 1. The van der Waals surface area contributed by atoms with Crippen LogP contribution in [-0.4, -0.2) is 39.5 Å². The second kappa shape index (κ2) is 8.59. The van der Waals surface area contributed by atoms with Crippen molar-refractivity contribution in [1.29, 1.82) is 0 Å². The molecule has 156 valence electrons. The highest BCUT2D eigenvalue weighted by Gasteiger charge is 2.58. The fourth-order valence-corrected chi connectivity index (χ4v) is 4.52. The normalized spacial score (nSPS) is 17.4. The van der Waals surface area contributed by atoms with Gasteiger partial charge >= 0.3 is 13.2 Å². The molecule has 1 fully saturated rings. The van der Waals surface area contributed by atoms with Gasteiger partial charge in [-0.2, -0.15) is 0 Å². The Morgan fingerprint density at radius 2 is 1.76 bits per heavy atom. The van der Waals surface area contributed by atoms with Gasteiger partial charge in [-0.25, -0.2) is 9.78 Å². The predicted molar refractivity (Wildman–Crippen MR) is 113 cm³/mol. The van der Waals surface area contributed by atoms with E-state index in [0.29, 0.717) is 5.82 Å². The van der Waals surface area contributed by atoms with Crippen molar-refractivity contribution in [2.24, 2.45) is 0 Å². The van der Waals surface area contributed by atoms with Crippen LogP contribution in [0.3, 0.4) is 0 Å². The van der Waals surface area contributed by atoms with E-state index in [1.807, 2.05) is 24.3 Å². The fourth-order valence-electron chi connectivity index (χ4n) is 4.52. The van der Waals surface area contributed by atoms with Gasteiger partial charge in [0, 0.05) is 0 Å². The Labute approximate surface area is 172 Å². The van der Waals surface area contributed by atoms with E-state index in [4.69, 9.17) is 14.4 Å². The maximum absolute atomic E-state index is 10.7. The Hall–Kier alpha value is -2.32. The third-order valence-corrected chi connectivity index (χ3v) is 6.29. The van der Waals surface area contributed by atoms with Gasteiger partial charge in [0.05, 0.1) is 29.6 Å². The lowest BCUT2D eigenvalue weighted by Crippen LogP contribution is -2.50. The average molecular weight is 399 g/mol. The topological polar surface area (TPSA) is 96.5 Å². The summed E-state index contributed by atoms with van der Waals surface area (Å²) in [4.78, 5) is 18.1. The maximum atomic E-state index is 10.7. The molecular weight excluding hydrogens is 369 g/mol. The van der Waals surface area contributed by atoms with Gasteiger partial charge < -0.3 is 24.7 Å². The number of aromatic nitrogens is 2. The van der Waals surface area contributed by atoms with Crippen molar-refractivity contribution in [1.82, 2.24) is 15.3 Å². The van der Waals surface area contributed by atoms with Crippen LogP contribution >= 0.6 is 0 Å². The molecule has 7 nitrogen and oxygen atoms in total. The number of nitrogens with one attached hydrogen (secondary N) is 2. The summed E-state index contributed by atoms with van der Waals surface area (Å²) in [5.74, 6) is 0.563. The van der Waals surface area contributed by atoms with E-state index < -0.39 is 13.2 Å². The molecule has 1 aliphatic rings. The highest BCUT2D eigenvalue weighted by molar-refractivity contribution is 6.62. The molecule has 0 bridgehead atoms. The van der Waals surface area contributed by atoms with Crippen molar-refractivity contribution >= 4 is 18.7 Å². The third-order valence-electron chi connectivity index (χ3n) is 6.29. The van der Waals surface area contributed by atoms with E-state index in [0.717, 1.165) is 42.4 Å². The lowest BCUT2D eigenvalue weighted by molar-refractivity contribution is -0.0601. The lowest BCUT2D eigenvalue weighted by atomic mass is 9.75. The Morgan fingerprint density at radius 1 is 1.14 bits per heavy atom. The smallest absolute Gasteiger partial charge is 0.465 e. The molecule has 0 spiro atoms. The van der Waals surface area contributed by atoms with Gasteiger partial charge in [-0.05, 0) is 36.7 Å². The summed E-state index contributed by atoms with van der Waals surface area (Å²) in [7, 11) is -0.411. The number of nitrogens with zero attached hydrogens (tertiary/aromatic N) is 1. The largest absolute Gasteiger partial charge is 0.494 e. The second-order valence-electron chi connectivity index (χ2n) is 7.50. The van der Waals surface area contributed by atoms with Crippen molar-refractivity contribution in [3.05, 3.63) is 36.3 Å². The highest BCUT2D eigenvalue weighted by Crippen LogP contribution is 2.46. The van der Waals surface area contributed by atoms with Crippen LogP contribution in [0.4, 0.5) is 4.79 Å². The number of hydrogen-bond acceptors (Lipinski definition) is 4. The number of hydrogen-bond donors (Lipinski definition) is 3. The zero-order valence-corrected chi connectivity index (χ0v) is 17.6. The molecule has 0 atom stereocenters. The number of amides is 1. The van der Waals surface area contributed by atoms with Gasteiger partial charge in [0.15, 0.2) is 0 Å². The number of H-pyrrole nitrogens is 1. The first-order chi connectivity index (χ1) is 13.9. The maximum Gasteiger partial charge on any atom is 0.494 e. The highest BCUT2D eigenvalue weighted by atomic mass is 16.7. The van der Waals surface area contributed by atoms with Crippen LogP contribution in [0.25, 0.3) is 11.3 Å². The molecule has 29 heavy (non-hydrogen) atoms. The van der Waals surface area contributed by atoms with Gasteiger partial charge in [-0.3, -0.25) is 0 Å². The molecular formula is C21H30BN3O4. The predicted octanol–water partition coefficient (Wildman–Crippen LogP) is 3.70. The third kappa shape index (κ3) is 3.91. The molecule has 8 heteroatoms. The zero-order valence-electron chi connectivity index (χ0n) is 17.6. The molecule has 1 aliphatic heterocycles. The number of rotatable bonds is 8. The first kappa shape index (κ1) is 21.4. The van der Waals surface area contributed by atoms with Crippen LogP contribution < -0.4 is 10.8 Å². The van der Waals surface area contributed by atoms with Crippen LogP contribution in [0.1, 0.15) is 59.2 Å². The van der Waals surface area contributed by atoms with Crippen molar-refractivity contribution < 1.29 is 19.2 Å². The molecule has 1 aromatic carbocycles. The first-order valence-corrected chi connectivity index (χ1v) is 10.4. The van der Waals surface area contributed by atoms with Gasteiger partial charge in [-0.1, -0.05) is 52.0 Å². The SMILES string of the molecule is CCC1(CC)OB(c2cccc(-c3cnc(CNC(=O)O)[nH]3)c2)OC1(CC)CC. The van der Waals surface area contributed by atoms with E-state index in [1.54, 1.807) is 6.20 Å². The number of carboxylic acid groups (broad SMARTS) is 1. The summed E-state index contributed by atoms with van der Waals surface area (Å²) in [6, 6.07) is 8.03. The minimum atomic E-state index is -1.08. The van der Waals surface area contributed by atoms with Gasteiger partial charge in [-0.15, -0.1) is 0 Å². The minimum absolute atomic E-state index is 0.134. The van der Waals surface area contributed by atoms with Crippen molar-refractivity contribution in [2.45, 2.75) is 71.1 Å². The monoisotopic (exact) mass is 399 g/mol. The van der Waals surface area contributed by atoms with Crippen molar-refractivity contribution in [3.8, 4) is 11.3 Å². The average Bonchev–Trinajstić information content (AvgIpc) is 3.35. The van der Waals surface area contributed by atoms with Gasteiger partial charge in [0.1, 0.15) is 5.82 Å². The summed E-state index contributed by atoms with van der Waals surface area (Å²) in [6.45, 7) is 8.81. The lowest BCUT2D eigenvalue weighted by Gasteiger charge is -2.42. The van der Waals surface area contributed by atoms with Gasteiger partial charge in [0.25, 0.3) is 0 Å². The summed E-state index contributed by atoms with van der Waals surface area (Å²) < 4.78 is 13.1. The van der Waals surface area contributed by atoms with Crippen LogP contribution in [0.15, 0.2) is 30.5 Å². The molecule has 0 aliphatic carbocycles.